The first-order valence-electron chi connectivity index (χ1n) is 4.90. The molecule has 3 nitrogen and oxygen atoms in total. The number of halogens is 1. The lowest BCUT2D eigenvalue weighted by molar-refractivity contribution is -0.122. The molecule has 1 amide bonds. The van der Waals surface area contributed by atoms with Gasteiger partial charge in [-0.3, -0.25) is 4.79 Å². The van der Waals surface area contributed by atoms with Crippen LogP contribution in [0, 0.1) is 0 Å². The number of thioether (sulfide) groups is 1. The van der Waals surface area contributed by atoms with Gasteiger partial charge in [0.2, 0.25) is 5.91 Å². The van der Waals surface area contributed by atoms with Crippen LogP contribution in [0.1, 0.15) is 11.3 Å². The summed E-state index contributed by atoms with van der Waals surface area (Å²) in [5, 5.41) is 2.84. The smallest absolute Gasteiger partial charge is 0.237 e. The molecule has 0 fully saturated rings. The lowest BCUT2D eigenvalue weighted by Crippen LogP contribution is -2.40. The Labute approximate surface area is 112 Å². The topological polar surface area (TPSA) is 55.1 Å². The SMILES string of the molecule is CSCC[C@H](N)C(=O)NCc1ccc(Br)s1. The molecule has 3 N–H and O–H groups in total. The van der Waals surface area contributed by atoms with Gasteiger partial charge in [-0.15, -0.1) is 11.3 Å². The summed E-state index contributed by atoms with van der Waals surface area (Å²) >= 11 is 6.70. The molecular formula is C10H15BrN2OS2. The van der Waals surface area contributed by atoms with Crippen molar-refractivity contribution < 1.29 is 4.79 Å². The molecule has 1 aromatic rings. The summed E-state index contributed by atoms with van der Waals surface area (Å²) in [6.07, 6.45) is 2.73. The maximum Gasteiger partial charge on any atom is 0.237 e. The Balaban J connectivity index is 2.29. The van der Waals surface area contributed by atoms with Crippen LogP contribution in [0.25, 0.3) is 0 Å². The van der Waals surface area contributed by atoms with E-state index in [1.165, 1.54) is 0 Å². The van der Waals surface area contributed by atoms with Crippen LogP contribution >= 0.6 is 39.0 Å². The summed E-state index contributed by atoms with van der Waals surface area (Å²) < 4.78 is 1.07. The Morgan fingerprint density at radius 1 is 1.69 bits per heavy atom. The van der Waals surface area contributed by atoms with Crippen molar-refractivity contribution in [2.24, 2.45) is 5.73 Å². The van der Waals surface area contributed by atoms with Gasteiger partial charge < -0.3 is 11.1 Å². The number of nitrogens with two attached hydrogens (primary N) is 1. The minimum atomic E-state index is -0.393. The third-order valence-electron chi connectivity index (χ3n) is 2.04. The molecule has 0 aliphatic carbocycles. The highest BCUT2D eigenvalue weighted by atomic mass is 79.9. The van der Waals surface area contributed by atoms with Crippen LogP contribution < -0.4 is 11.1 Å². The van der Waals surface area contributed by atoms with Crippen molar-refractivity contribution in [2.45, 2.75) is 19.0 Å². The van der Waals surface area contributed by atoms with Crippen molar-refractivity contribution in [2.75, 3.05) is 12.0 Å². The minimum absolute atomic E-state index is 0.0708. The van der Waals surface area contributed by atoms with E-state index in [4.69, 9.17) is 5.73 Å². The highest BCUT2D eigenvalue weighted by Gasteiger charge is 2.12. The number of thiophene rings is 1. The Kier molecular flexibility index (Phi) is 6.41. The van der Waals surface area contributed by atoms with Crippen molar-refractivity contribution >= 4 is 44.9 Å². The molecule has 1 rings (SSSR count). The molecule has 1 aromatic heterocycles. The summed E-state index contributed by atoms with van der Waals surface area (Å²) in [5.41, 5.74) is 5.74. The normalized spacial score (nSPS) is 12.4. The predicted octanol–water partition coefficient (Wildman–Crippen LogP) is 2.21. The highest BCUT2D eigenvalue weighted by Crippen LogP contribution is 2.21. The quantitative estimate of drug-likeness (QED) is 0.844. The highest BCUT2D eigenvalue weighted by molar-refractivity contribution is 9.11. The number of rotatable bonds is 6. The van der Waals surface area contributed by atoms with E-state index in [-0.39, 0.29) is 5.91 Å². The molecule has 1 atom stereocenters. The molecule has 0 radical (unpaired) electrons. The molecular weight excluding hydrogens is 308 g/mol. The summed E-state index contributed by atoms with van der Waals surface area (Å²) in [6, 6.07) is 3.57. The Morgan fingerprint density at radius 3 is 3.00 bits per heavy atom. The monoisotopic (exact) mass is 322 g/mol. The first-order chi connectivity index (χ1) is 7.63. The number of nitrogens with one attached hydrogen (secondary N) is 1. The molecule has 6 heteroatoms. The third kappa shape index (κ3) is 4.86. The maximum atomic E-state index is 11.6. The molecule has 0 aliphatic heterocycles. The van der Waals surface area contributed by atoms with E-state index >= 15 is 0 Å². The summed E-state index contributed by atoms with van der Waals surface area (Å²) in [6.45, 7) is 0.558. The number of amides is 1. The molecule has 0 saturated heterocycles. The van der Waals surface area contributed by atoms with Crippen LogP contribution in [-0.4, -0.2) is 24.0 Å². The zero-order valence-electron chi connectivity index (χ0n) is 9.03. The Bertz CT molecular complexity index is 343. The fourth-order valence-electron chi connectivity index (χ4n) is 1.13. The van der Waals surface area contributed by atoms with Gasteiger partial charge in [0.15, 0.2) is 0 Å². The van der Waals surface area contributed by atoms with E-state index in [1.54, 1.807) is 23.1 Å². The summed E-state index contributed by atoms with van der Waals surface area (Å²) in [4.78, 5) is 12.7. The molecule has 1 heterocycles. The zero-order chi connectivity index (χ0) is 12.0. The number of carbonyl (C=O) groups excluding carboxylic acids is 1. The second-order valence-electron chi connectivity index (χ2n) is 3.31. The molecule has 0 bridgehead atoms. The van der Waals surface area contributed by atoms with Crippen molar-refractivity contribution in [1.82, 2.24) is 5.32 Å². The molecule has 0 saturated carbocycles. The average Bonchev–Trinajstić information content (AvgIpc) is 2.68. The van der Waals surface area contributed by atoms with Crippen LogP contribution in [0.4, 0.5) is 0 Å². The van der Waals surface area contributed by atoms with Gasteiger partial charge in [0.25, 0.3) is 0 Å². The van der Waals surface area contributed by atoms with Crippen LogP contribution in [0.3, 0.4) is 0 Å². The van der Waals surface area contributed by atoms with Gasteiger partial charge in [0.1, 0.15) is 0 Å². The molecule has 0 unspecified atom stereocenters. The Hall–Kier alpha value is -0.0400. The van der Waals surface area contributed by atoms with Gasteiger partial charge in [0.05, 0.1) is 16.4 Å². The van der Waals surface area contributed by atoms with E-state index in [1.807, 2.05) is 18.4 Å². The van der Waals surface area contributed by atoms with Crippen LogP contribution in [0.2, 0.25) is 0 Å². The van der Waals surface area contributed by atoms with Crippen molar-refractivity contribution in [3.63, 3.8) is 0 Å². The van der Waals surface area contributed by atoms with Gasteiger partial charge in [-0.05, 0) is 46.5 Å². The lowest BCUT2D eigenvalue weighted by Gasteiger charge is -2.10. The summed E-state index contributed by atoms with van der Waals surface area (Å²) in [5.74, 6) is 0.845. The number of hydrogen-bond donors (Lipinski definition) is 2. The zero-order valence-corrected chi connectivity index (χ0v) is 12.3. The lowest BCUT2D eigenvalue weighted by atomic mass is 10.2. The number of carbonyl (C=O) groups is 1. The largest absolute Gasteiger partial charge is 0.350 e. The first kappa shape index (κ1) is 14.0. The van der Waals surface area contributed by atoms with E-state index in [9.17, 15) is 4.79 Å². The van der Waals surface area contributed by atoms with Gasteiger partial charge in [-0.1, -0.05) is 0 Å². The van der Waals surface area contributed by atoms with E-state index in [0.717, 1.165) is 20.8 Å². The van der Waals surface area contributed by atoms with Gasteiger partial charge in [-0.2, -0.15) is 11.8 Å². The predicted molar refractivity (Wildman–Crippen MR) is 74.8 cm³/mol. The van der Waals surface area contributed by atoms with Crippen LogP contribution in [-0.2, 0) is 11.3 Å². The Morgan fingerprint density at radius 2 is 2.44 bits per heavy atom. The van der Waals surface area contributed by atoms with Crippen LogP contribution in [0.5, 0.6) is 0 Å². The van der Waals surface area contributed by atoms with Gasteiger partial charge in [0, 0.05) is 4.88 Å². The summed E-state index contributed by atoms with van der Waals surface area (Å²) in [7, 11) is 0. The second kappa shape index (κ2) is 7.32. The van der Waals surface area contributed by atoms with E-state index in [2.05, 4.69) is 21.2 Å². The maximum absolute atomic E-state index is 11.6. The molecule has 0 spiro atoms. The second-order valence-corrected chi connectivity index (χ2v) is 6.84. The van der Waals surface area contributed by atoms with Crippen molar-refractivity contribution in [1.29, 1.82) is 0 Å². The van der Waals surface area contributed by atoms with Gasteiger partial charge in [-0.25, -0.2) is 0 Å². The van der Waals surface area contributed by atoms with Crippen molar-refractivity contribution in [3.05, 3.63) is 20.8 Å². The van der Waals surface area contributed by atoms with Crippen molar-refractivity contribution in [3.8, 4) is 0 Å². The first-order valence-corrected chi connectivity index (χ1v) is 7.90. The molecule has 16 heavy (non-hydrogen) atoms. The third-order valence-corrected chi connectivity index (χ3v) is 4.30. The van der Waals surface area contributed by atoms with E-state index in [0.29, 0.717) is 6.54 Å². The fraction of sp³-hybridized carbons (Fsp3) is 0.500. The molecule has 90 valence electrons. The molecule has 0 aromatic carbocycles. The number of hydrogen-bond acceptors (Lipinski definition) is 4. The fourth-order valence-corrected chi connectivity index (χ4v) is 3.04. The average molecular weight is 323 g/mol. The molecule has 0 aliphatic rings. The van der Waals surface area contributed by atoms with E-state index < -0.39 is 6.04 Å². The van der Waals surface area contributed by atoms with Gasteiger partial charge >= 0.3 is 0 Å². The minimum Gasteiger partial charge on any atom is -0.350 e. The van der Waals surface area contributed by atoms with Crippen LogP contribution in [0.15, 0.2) is 15.9 Å². The standard InChI is InChI=1S/C10H15BrN2OS2/c1-15-5-4-8(12)10(14)13-6-7-2-3-9(11)16-7/h2-3,8H,4-6,12H2,1H3,(H,13,14)/t8-/m0/s1.